The molecular weight excluding hydrogens is 340 g/mol. The second-order valence-corrected chi connectivity index (χ2v) is 7.37. The summed E-state index contributed by atoms with van der Waals surface area (Å²) in [5, 5.41) is 9.89. The zero-order valence-corrected chi connectivity index (χ0v) is 15.9. The smallest absolute Gasteiger partial charge is 0.334 e. The first-order valence-electron chi connectivity index (χ1n) is 9.35. The van der Waals surface area contributed by atoms with E-state index in [4.69, 9.17) is 9.47 Å². The van der Waals surface area contributed by atoms with Gasteiger partial charge in [-0.2, -0.15) is 0 Å². The van der Waals surface area contributed by atoms with Crippen molar-refractivity contribution in [3.63, 3.8) is 0 Å². The van der Waals surface area contributed by atoms with Crippen LogP contribution in [0.2, 0.25) is 0 Å². The zero-order chi connectivity index (χ0) is 19.3. The van der Waals surface area contributed by atoms with Gasteiger partial charge in [-0.3, -0.25) is 0 Å². The molecule has 0 bridgehead atoms. The van der Waals surface area contributed by atoms with Crippen molar-refractivity contribution < 1.29 is 19.4 Å². The number of aliphatic hydroxyl groups excluding tert-OH is 1. The summed E-state index contributed by atoms with van der Waals surface area (Å²) in [7, 11) is 0. The lowest BCUT2D eigenvalue weighted by molar-refractivity contribution is -0.163. The number of hydrogen-bond donors (Lipinski definition) is 1. The largest absolute Gasteiger partial charge is 0.512 e. The molecule has 0 radical (unpaired) electrons. The summed E-state index contributed by atoms with van der Waals surface area (Å²) in [4.78, 5) is 11.8. The first-order chi connectivity index (χ1) is 13.0. The van der Waals surface area contributed by atoms with Crippen LogP contribution in [-0.2, 0) is 22.6 Å². The lowest BCUT2D eigenvalue weighted by Crippen LogP contribution is -2.43. The van der Waals surface area contributed by atoms with Gasteiger partial charge in [-0.15, -0.1) is 0 Å². The lowest BCUT2D eigenvalue weighted by atomic mass is 9.80. The molecule has 1 aliphatic rings. The first kappa shape index (κ1) is 19.0. The Balaban J connectivity index is 1.59. The maximum Gasteiger partial charge on any atom is 0.334 e. The van der Waals surface area contributed by atoms with Gasteiger partial charge in [-0.05, 0) is 42.0 Å². The van der Waals surface area contributed by atoms with E-state index in [-0.39, 0.29) is 11.7 Å². The Hall–Kier alpha value is -2.75. The van der Waals surface area contributed by atoms with E-state index in [2.05, 4.69) is 0 Å². The third kappa shape index (κ3) is 4.91. The van der Waals surface area contributed by atoms with Crippen molar-refractivity contribution in [3.8, 4) is 5.75 Å². The van der Waals surface area contributed by atoms with E-state index in [0.29, 0.717) is 19.4 Å². The van der Waals surface area contributed by atoms with Crippen molar-refractivity contribution in [2.45, 2.75) is 45.3 Å². The predicted octanol–water partition coefficient (Wildman–Crippen LogP) is 4.98. The Labute approximate surface area is 160 Å². The van der Waals surface area contributed by atoms with Crippen LogP contribution in [0.1, 0.15) is 37.8 Å². The summed E-state index contributed by atoms with van der Waals surface area (Å²) in [5.41, 5.74) is 1.62. The molecule has 1 N–H and O–H groups in total. The van der Waals surface area contributed by atoms with Gasteiger partial charge in [0, 0.05) is 6.42 Å². The van der Waals surface area contributed by atoms with Gasteiger partial charge in [0.25, 0.3) is 0 Å². The van der Waals surface area contributed by atoms with Gasteiger partial charge in [0.05, 0.1) is 6.08 Å². The Kier molecular flexibility index (Phi) is 5.84. The van der Waals surface area contributed by atoms with Crippen LogP contribution < -0.4 is 4.74 Å². The topological polar surface area (TPSA) is 55.8 Å². The van der Waals surface area contributed by atoms with Crippen molar-refractivity contribution in [2.75, 3.05) is 0 Å². The monoisotopic (exact) mass is 366 g/mol. The average Bonchev–Trinajstić information content (AvgIpc) is 2.65. The number of esters is 1. The molecule has 0 saturated heterocycles. The number of carbonyl (C=O) groups excluding carboxylic acids is 1. The van der Waals surface area contributed by atoms with Crippen LogP contribution in [0.25, 0.3) is 0 Å². The molecule has 1 atom stereocenters. The molecule has 142 valence electrons. The second kappa shape index (κ2) is 8.30. The molecule has 0 unspecified atom stereocenters. The van der Waals surface area contributed by atoms with E-state index in [1.54, 1.807) is 0 Å². The van der Waals surface area contributed by atoms with Gasteiger partial charge in [0.15, 0.2) is 0 Å². The van der Waals surface area contributed by atoms with Crippen LogP contribution >= 0.6 is 0 Å². The summed E-state index contributed by atoms with van der Waals surface area (Å²) >= 11 is 0. The van der Waals surface area contributed by atoms with E-state index in [1.165, 1.54) is 6.08 Å². The molecule has 0 spiro atoms. The zero-order valence-electron chi connectivity index (χ0n) is 15.9. The molecule has 3 rings (SSSR count). The fourth-order valence-electron chi connectivity index (χ4n) is 3.36. The number of aryl methyl sites for hydroxylation is 1. The highest BCUT2D eigenvalue weighted by Crippen LogP contribution is 2.36. The Morgan fingerprint density at radius 2 is 1.78 bits per heavy atom. The van der Waals surface area contributed by atoms with Crippen LogP contribution in [-0.4, -0.2) is 16.7 Å². The van der Waals surface area contributed by atoms with Gasteiger partial charge in [0.1, 0.15) is 23.7 Å². The van der Waals surface area contributed by atoms with Crippen molar-refractivity contribution >= 4 is 5.97 Å². The maximum absolute atomic E-state index is 11.8. The van der Waals surface area contributed by atoms with Crippen molar-refractivity contribution in [1.82, 2.24) is 0 Å². The molecule has 1 aliphatic heterocycles. The molecule has 4 heteroatoms. The SMILES string of the molecule is CC(C)[C@]1(CCc2ccc(OCc3ccccc3)cc2)CC(O)=CC(=O)O1. The predicted molar refractivity (Wildman–Crippen MR) is 105 cm³/mol. The summed E-state index contributed by atoms with van der Waals surface area (Å²) in [6.07, 6.45) is 2.96. The fourth-order valence-corrected chi connectivity index (χ4v) is 3.36. The molecule has 2 aromatic rings. The molecule has 4 nitrogen and oxygen atoms in total. The van der Waals surface area contributed by atoms with Crippen LogP contribution in [0.3, 0.4) is 0 Å². The van der Waals surface area contributed by atoms with Gasteiger partial charge >= 0.3 is 5.97 Å². The van der Waals surface area contributed by atoms with E-state index in [0.717, 1.165) is 23.3 Å². The normalized spacial score (nSPS) is 19.5. The molecule has 0 aliphatic carbocycles. The molecule has 2 aromatic carbocycles. The Morgan fingerprint density at radius 1 is 1.07 bits per heavy atom. The molecule has 0 aromatic heterocycles. The van der Waals surface area contributed by atoms with Crippen LogP contribution in [0, 0.1) is 5.92 Å². The van der Waals surface area contributed by atoms with Crippen LogP contribution in [0.15, 0.2) is 66.4 Å². The lowest BCUT2D eigenvalue weighted by Gasteiger charge is -2.39. The highest BCUT2D eigenvalue weighted by molar-refractivity contribution is 5.83. The summed E-state index contributed by atoms with van der Waals surface area (Å²) in [5.74, 6) is 0.582. The highest BCUT2D eigenvalue weighted by atomic mass is 16.6. The van der Waals surface area contributed by atoms with Crippen LogP contribution in [0.4, 0.5) is 0 Å². The highest BCUT2D eigenvalue weighted by Gasteiger charge is 2.41. The van der Waals surface area contributed by atoms with Crippen molar-refractivity contribution in [3.05, 3.63) is 77.6 Å². The van der Waals surface area contributed by atoms with Gasteiger partial charge in [-0.1, -0.05) is 56.3 Å². The van der Waals surface area contributed by atoms with Gasteiger partial charge in [0.2, 0.25) is 0 Å². The number of benzene rings is 2. The first-order valence-corrected chi connectivity index (χ1v) is 9.35. The number of rotatable bonds is 7. The molecule has 0 saturated carbocycles. The quantitative estimate of drug-likeness (QED) is 0.702. The van der Waals surface area contributed by atoms with Crippen molar-refractivity contribution in [2.24, 2.45) is 5.92 Å². The minimum Gasteiger partial charge on any atom is -0.512 e. The number of carbonyl (C=O) groups is 1. The van der Waals surface area contributed by atoms with Crippen LogP contribution in [0.5, 0.6) is 5.75 Å². The van der Waals surface area contributed by atoms with E-state index >= 15 is 0 Å². The Morgan fingerprint density at radius 3 is 2.41 bits per heavy atom. The molecule has 0 amide bonds. The standard InChI is InChI=1S/C23H26O4/c1-17(2)23(15-20(24)14-22(25)27-23)13-12-18-8-10-21(11-9-18)26-16-19-6-4-3-5-7-19/h3-11,14,17,24H,12-13,15-16H2,1-2H3/t23-/m0/s1. The number of aliphatic hydroxyl groups is 1. The third-order valence-corrected chi connectivity index (χ3v) is 5.13. The Bertz CT molecular complexity index is 793. The van der Waals surface area contributed by atoms with E-state index in [1.807, 2.05) is 68.4 Å². The fraction of sp³-hybridized carbons (Fsp3) is 0.348. The summed E-state index contributed by atoms with van der Waals surface area (Å²) < 4.78 is 11.5. The number of ether oxygens (including phenoxy) is 2. The maximum atomic E-state index is 11.8. The van der Waals surface area contributed by atoms with E-state index in [9.17, 15) is 9.90 Å². The number of cyclic esters (lactones) is 1. The van der Waals surface area contributed by atoms with E-state index < -0.39 is 11.6 Å². The molecular formula is C23H26O4. The minimum absolute atomic E-state index is 0.101. The third-order valence-electron chi connectivity index (χ3n) is 5.13. The average molecular weight is 366 g/mol. The number of hydrogen-bond acceptors (Lipinski definition) is 4. The molecule has 1 heterocycles. The molecule has 0 fully saturated rings. The minimum atomic E-state index is -0.654. The van der Waals surface area contributed by atoms with Gasteiger partial charge < -0.3 is 14.6 Å². The molecule has 27 heavy (non-hydrogen) atoms. The van der Waals surface area contributed by atoms with Crippen molar-refractivity contribution in [1.29, 1.82) is 0 Å². The second-order valence-electron chi connectivity index (χ2n) is 7.37. The summed E-state index contributed by atoms with van der Waals surface area (Å²) in [6, 6.07) is 18.1. The van der Waals surface area contributed by atoms with Gasteiger partial charge in [-0.25, -0.2) is 4.79 Å². The summed E-state index contributed by atoms with van der Waals surface area (Å²) in [6.45, 7) is 4.58.